The van der Waals surface area contributed by atoms with Gasteiger partial charge in [-0.05, 0) is 26.2 Å². The molecule has 15 heavy (non-hydrogen) atoms. The van der Waals surface area contributed by atoms with Gasteiger partial charge >= 0.3 is 0 Å². The van der Waals surface area contributed by atoms with Gasteiger partial charge in [0, 0.05) is 12.6 Å². The third kappa shape index (κ3) is 4.11. The molecule has 0 bridgehead atoms. The smallest absolute Gasteiger partial charge is 0.154 e. The first-order chi connectivity index (χ1) is 7.06. The number of rotatable bonds is 6. The fourth-order valence-corrected chi connectivity index (χ4v) is 3.81. The predicted molar refractivity (Wildman–Crippen MR) is 63.8 cm³/mol. The van der Waals surface area contributed by atoms with Crippen molar-refractivity contribution in [3.63, 3.8) is 0 Å². The van der Waals surface area contributed by atoms with Crippen molar-refractivity contribution in [2.75, 3.05) is 12.3 Å². The van der Waals surface area contributed by atoms with Crippen LogP contribution in [0.4, 0.5) is 0 Å². The molecule has 1 rings (SSSR count). The van der Waals surface area contributed by atoms with Gasteiger partial charge in [-0.2, -0.15) is 0 Å². The molecule has 1 N–H and O–H groups in total. The summed E-state index contributed by atoms with van der Waals surface area (Å²) < 4.78 is 23.1. The Hall–Kier alpha value is -0.0900. The minimum Gasteiger partial charge on any atom is -0.313 e. The summed E-state index contributed by atoms with van der Waals surface area (Å²) >= 11 is 0. The lowest BCUT2D eigenvalue weighted by atomic mass is 10.1. The molecule has 1 fully saturated rings. The highest BCUT2D eigenvalue weighted by Gasteiger charge is 2.30. The molecule has 0 radical (unpaired) electrons. The monoisotopic (exact) mass is 233 g/mol. The Morgan fingerprint density at radius 2 is 2.20 bits per heavy atom. The molecule has 0 aromatic carbocycles. The zero-order valence-electron chi connectivity index (χ0n) is 9.83. The molecule has 0 aromatic heterocycles. The van der Waals surface area contributed by atoms with E-state index in [1.165, 1.54) is 12.8 Å². The molecular weight excluding hydrogens is 210 g/mol. The zero-order chi connectivity index (χ0) is 11.3. The molecule has 1 aliphatic rings. The van der Waals surface area contributed by atoms with Crippen LogP contribution >= 0.6 is 0 Å². The summed E-state index contributed by atoms with van der Waals surface area (Å²) in [7, 11) is -2.77. The standard InChI is InChI=1S/C11H23NO2S/c1-3-4-6-10(2)12-9-11-7-5-8-15(11,13)14/h10-12H,3-9H2,1-2H3. The van der Waals surface area contributed by atoms with E-state index in [1.54, 1.807) is 0 Å². The van der Waals surface area contributed by atoms with Crippen LogP contribution in [0.5, 0.6) is 0 Å². The molecule has 0 aliphatic carbocycles. The van der Waals surface area contributed by atoms with Gasteiger partial charge < -0.3 is 5.32 Å². The predicted octanol–water partition coefficient (Wildman–Crippen LogP) is 1.73. The molecule has 1 aliphatic heterocycles. The van der Waals surface area contributed by atoms with Crippen molar-refractivity contribution in [1.29, 1.82) is 0 Å². The van der Waals surface area contributed by atoms with Crippen LogP contribution in [0, 0.1) is 0 Å². The Morgan fingerprint density at radius 3 is 2.73 bits per heavy atom. The Balaban J connectivity index is 2.25. The lowest BCUT2D eigenvalue weighted by Crippen LogP contribution is -2.35. The van der Waals surface area contributed by atoms with Gasteiger partial charge in [0.1, 0.15) is 0 Å². The number of sulfone groups is 1. The van der Waals surface area contributed by atoms with E-state index in [-0.39, 0.29) is 5.25 Å². The lowest BCUT2D eigenvalue weighted by Gasteiger charge is -2.16. The first kappa shape index (κ1) is 13.0. The van der Waals surface area contributed by atoms with Crippen molar-refractivity contribution in [3.8, 4) is 0 Å². The van der Waals surface area contributed by atoms with Gasteiger partial charge in [-0.15, -0.1) is 0 Å². The fourth-order valence-electron chi connectivity index (χ4n) is 2.03. The Labute approximate surface area is 93.6 Å². The molecule has 90 valence electrons. The average molecular weight is 233 g/mol. The highest BCUT2D eigenvalue weighted by Crippen LogP contribution is 2.19. The average Bonchev–Trinajstić information content (AvgIpc) is 2.51. The van der Waals surface area contributed by atoms with Gasteiger partial charge in [0.25, 0.3) is 0 Å². The van der Waals surface area contributed by atoms with Crippen LogP contribution in [0.3, 0.4) is 0 Å². The number of nitrogens with one attached hydrogen (secondary N) is 1. The molecule has 4 heteroatoms. The maximum absolute atomic E-state index is 11.5. The molecule has 0 spiro atoms. The molecule has 2 unspecified atom stereocenters. The van der Waals surface area contributed by atoms with Crippen molar-refractivity contribution < 1.29 is 8.42 Å². The van der Waals surface area contributed by atoms with Gasteiger partial charge in [0.15, 0.2) is 9.84 Å². The lowest BCUT2D eigenvalue weighted by molar-refractivity contribution is 0.484. The third-order valence-corrected chi connectivity index (χ3v) is 5.42. The van der Waals surface area contributed by atoms with Crippen molar-refractivity contribution in [3.05, 3.63) is 0 Å². The van der Waals surface area contributed by atoms with E-state index in [4.69, 9.17) is 0 Å². The Kier molecular flexibility index (Phi) is 5.06. The van der Waals surface area contributed by atoms with E-state index in [0.717, 1.165) is 19.3 Å². The topological polar surface area (TPSA) is 46.2 Å². The summed E-state index contributed by atoms with van der Waals surface area (Å²) in [6.07, 6.45) is 5.25. The van der Waals surface area contributed by atoms with E-state index < -0.39 is 9.84 Å². The van der Waals surface area contributed by atoms with Crippen molar-refractivity contribution >= 4 is 9.84 Å². The van der Waals surface area contributed by atoms with Gasteiger partial charge in [-0.3, -0.25) is 0 Å². The third-order valence-electron chi connectivity index (χ3n) is 3.15. The second kappa shape index (κ2) is 5.85. The Morgan fingerprint density at radius 1 is 1.47 bits per heavy atom. The maximum Gasteiger partial charge on any atom is 0.154 e. The minimum atomic E-state index is -2.77. The van der Waals surface area contributed by atoms with Crippen LogP contribution < -0.4 is 5.32 Å². The van der Waals surface area contributed by atoms with Gasteiger partial charge in [0.05, 0.1) is 11.0 Å². The molecule has 1 saturated heterocycles. The van der Waals surface area contributed by atoms with Gasteiger partial charge in [0.2, 0.25) is 0 Å². The summed E-state index contributed by atoms with van der Waals surface area (Å²) in [6.45, 7) is 4.96. The number of unbranched alkanes of at least 4 members (excludes halogenated alkanes) is 1. The second-order valence-corrected chi connectivity index (χ2v) is 6.98. The Bertz CT molecular complexity index is 274. The fraction of sp³-hybridized carbons (Fsp3) is 1.00. The number of hydrogen-bond donors (Lipinski definition) is 1. The van der Waals surface area contributed by atoms with Crippen molar-refractivity contribution in [1.82, 2.24) is 5.32 Å². The molecule has 3 nitrogen and oxygen atoms in total. The number of hydrogen-bond acceptors (Lipinski definition) is 3. The van der Waals surface area contributed by atoms with E-state index in [1.807, 2.05) is 0 Å². The van der Waals surface area contributed by atoms with Gasteiger partial charge in [-0.1, -0.05) is 19.8 Å². The summed E-state index contributed by atoms with van der Waals surface area (Å²) in [5.74, 6) is 0.392. The van der Waals surface area contributed by atoms with Crippen LogP contribution in [0.1, 0.15) is 46.0 Å². The highest BCUT2D eigenvalue weighted by atomic mass is 32.2. The first-order valence-electron chi connectivity index (χ1n) is 6.01. The van der Waals surface area contributed by atoms with E-state index in [9.17, 15) is 8.42 Å². The van der Waals surface area contributed by atoms with Gasteiger partial charge in [-0.25, -0.2) is 8.42 Å². The van der Waals surface area contributed by atoms with Crippen LogP contribution in [-0.4, -0.2) is 32.0 Å². The summed E-state index contributed by atoms with van der Waals surface area (Å²) in [6, 6.07) is 0.445. The summed E-state index contributed by atoms with van der Waals surface area (Å²) in [5, 5.41) is 3.21. The second-order valence-electron chi connectivity index (χ2n) is 4.58. The molecule has 2 atom stereocenters. The minimum absolute atomic E-state index is 0.124. The van der Waals surface area contributed by atoms with Crippen LogP contribution in [0.25, 0.3) is 0 Å². The molecule has 1 heterocycles. The molecular formula is C11H23NO2S. The first-order valence-corrected chi connectivity index (χ1v) is 7.72. The summed E-state index contributed by atoms with van der Waals surface area (Å²) in [5.41, 5.74) is 0. The van der Waals surface area contributed by atoms with Crippen molar-refractivity contribution in [2.45, 2.75) is 57.2 Å². The normalized spacial score (nSPS) is 26.7. The largest absolute Gasteiger partial charge is 0.313 e. The van der Waals surface area contributed by atoms with Crippen molar-refractivity contribution in [2.24, 2.45) is 0 Å². The SMILES string of the molecule is CCCCC(C)NCC1CCCS1(=O)=O. The van der Waals surface area contributed by atoms with Crippen LogP contribution in [-0.2, 0) is 9.84 Å². The highest BCUT2D eigenvalue weighted by molar-refractivity contribution is 7.92. The van der Waals surface area contributed by atoms with Crippen LogP contribution in [0.15, 0.2) is 0 Å². The van der Waals surface area contributed by atoms with E-state index in [2.05, 4.69) is 19.2 Å². The molecule has 0 amide bonds. The molecule has 0 aromatic rings. The summed E-state index contributed by atoms with van der Waals surface area (Å²) in [4.78, 5) is 0. The van der Waals surface area contributed by atoms with Crippen LogP contribution in [0.2, 0.25) is 0 Å². The molecule has 0 saturated carbocycles. The quantitative estimate of drug-likeness (QED) is 0.760. The van der Waals surface area contributed by atoms with E-state index >= 15 is 0 Å². The maximum atomic E-state index is 11.5. The zero-order valence-corrected chi connectivity index (χ0v) is 10.6. The van der Waals surface area contributed by atoms with E-state index in [0.29, 0.717) is 18.3 Å².